The van der Waals surface area contributed by atoms with Crippen LogP contribution in [0, 0.1) is 5.82 Å². The molecule has 6 heteroatoms. The third-order valence-electron chi connectivity index (χ3n) is 3.22. The molecule has 1 amide bonds. The Kier molecular flexibility index (Phi) is 4.04. The van der Waals surface area contributed by atoms with Gasteiger partial charge in [-0.3, -0.25) is 4.79 Å². The van der Waals surface area contributed by atoms with Crippen LogP contribution in [0.2, 0.25) is 5.02 Å². The molecule has 102 valence electrons. The first-order valence-electron chi connectivity index (χ1n) is 5.99. The molecule has 4 nitrogen and oxygen atoms in total. The van der Waals surface area contributed by atoms with Gasteiger partial charge in [0.05, 0.1) is 5.02 Å². The number of nitrogens with zero attached hydrogens (tertiary/aromatic N) is 1. The van der Waals surface area contributed by atoms with E-state index in [1.165, 1.54) is 17.0 Å². The van der Waals surface area contributed by atoms with Crippen LogP contribution < -0.4 is 0 Å². The number of likely N-dealkylation sites (tertiary alicyclic amines) is 1. The number of carboxylic acids is 1. The van der Waals surface area contributed by atoms with Crippen molar-refractivity contribution in [2.24, 2.45) is 0 Å². The molecule has 1 heterocycles. The largest absolute Gasteiger partial charge is 0.480 e. The van der Waals surface area contributed by atoms with E-state index in [1.54, 1.807) is 0 Å². The number of rotatable bonds is 2. The first-order chi connectivity index (χ1) is 9.00. The Morgan fingerprint density at radius 2 is 2.11 bits per heavy atom. The first-order valence-corrected chi connectivity index (χ1v) is 6.37. The lowest BCUT2D eigenvalue weighted by atomic mass is 10.0. The molecule has 0 aromatic heterocycles. The zero-order chi connectivity index (χ0) is 14.0. The van der Waals surface area contributed by atoms with Crippen LogP contribution in [0.5, 0.6) is 0 Å². The van der Waals surface area contributed by atoms with Gasteiger partial charge in [-0.1, -0.05) is 11.6 Å². The van der Waals surface area contributed by atoms with E-state index in [1.807, 2.05) is 0 Å². The van der Waals surface area contributed by atoms with Crippen molar-refractivity contribution < 1.29 is 19.1 Å². The topological polar surface area (TPSA) is 57.6 Å². The van der Waals surface area contributed by atoms with Gasteiger partial charge in [0.25, 0.3) is 5.91 Å². The second-order valence-corrected chi connectivity index (χ2v) is 4.88. The molecule has 1 saturated heterocycles. The fourth-order valence-electron chi connectivity index (χ4n) is 2.23. The summed E-state index contributed by atoms with van der Waals surface area (Å²) in [6.45, 7) is 0.375. The van der Waals surface area contributed by atoms with Crippen LogP contribution in [0.3, 0.4) is 0 Å². The number of piperidine rings is 1. The Morgan fingerprint density at radius 3 is 2.74 bits per heavy atom. The van der Waals surface area contributed by atoms with Gasteiger partial charge < -0.3 is 10.0 Å². The Labute approximate surface area is 114 Å². The SMILES string of the molecule is O=C(O)[C@H]1CCCCN1C(=O)c1ccc(Cl)c(F)c1. The smallest absolute Gasteiger partial charge is 0.326 e. The zero-order valence-electron chi connectivity index (χ0n) is 10.1. The van der Waals surface area contributed by atoms with E-state index < -0.39 is 23.7 Å². The van der Waals surface area contributed by atoms with Gasteiger partial charge in [0.1, 0.15) is 11.9 Å². The fraction of sp³-hybridized carbons (Fsp3) is 0.385. The predicted octanol–water partition coefficient (Wildman–Crippen LogP) is 2.56. The lowest BCUT2D eigenvalue weighted by molar-refractivity contribution is -0.143. The lowest BCUT2D eigenvalue weighted by Gasteiger charge is -2.33. The average molecular weight is 286 g/mol. The molecular formula is C13H13ClFNO3. The Hall–Kier alpha value is -1.62. The van der Waals surface area contributed by atoms with E-state index in [0.29, 0.717) is 13.0 Å². The summed E-state index contributed by atoms with van der Waals surface area (Å²) in [4.78, 5) is 24.6. The number of hydrogen-bond acceptors (Lipinski definition) is 2. The maximum absolute atomic E-state index is 13.3. The van der Waals surface area contributed by atoms with Crippen molar-refractivity contribution in [3.8, 4) is 0 Å². The molecule has 0 bridgehead atoms. The monoisotopic (exact) mass is 285 g/mol. The molecule has 1 aliphatic heterocycles. The highest BCUT2D eigenvalue weighted by Gasteiger charge is 2.32. The average Bonchev–Trinajstić information content (AvgIpc) is 2.41. The molecule has 0 spiro atoms. The minimum Gasteiger partial charge on any atom is -0.480 e. The summed E-state index contributed by atoms with van der Waals surface area (Å²) in [5, 5.41) is 9.05. The van der Waals surface area contributed by atoms with Crippen LogP contribution in [0.1, 0.15) is 29.6 Å². The second kappa shape index (κ2) is 5.57. The van der Waals surface area contributed by atoms with Crippen LogP contribution in [-0.4, -0.2) is 34.5 Å². The molecule has 1 aromatic rings. The van der Waals surface area contributed by atoms with Gasteiger partial charge >= 0.3 is 5.97 Å². The Balaban J connectivity index is 2.26. The summed E-state index contributed by atoms with van der Waals surface area (Å²) < 4.78 is 13.3. The van der Waals surface area contributed by atoms with Crippen LogP contribution in [-0.2, 0) is 4.79 Å². The summed E-state index contributed by atoms with van der Waals surface area (Å²) >= 11 is 5.56. The Morgan fingerprint density at radius 1 is 1.37 bits per heavy atom. The van der Waals surface area contributed by atoms with Gasteiger partial charge in [0.15, 0.2) is 0 Å². The van der Waals surface area contributed by atoms with E-state index in [0.717, 1.165) is 18.9 Å². The molecule has 1 atom stereocenters. The van der Waals surface area contributed by atoms with Crippen molar-refractivity contribution in [3.63, 3.8) is 0 Å². The molecule has 1 aromatic carbocycles. The highest BCUT2D eigenvalue weighted by Crippen LogP contribution is 2.22. The number of hydrogen-bond donors (Lipinski definition) is 1. The van der Waals surface area contributed by atoms with Gasteiger partial charge in [-0.05, 0) is 37.5 Å². The van der Waals surface area contributed by atoms with E-state index in [9.17, 15) is 14.0 Å². The highest BCUT2D eigenvalue weighted by molar-refractivity contribution is 6.30. The maximum atomic E-state index is 13.3. The van der Waals surface area contributed by atoms with Gasteiger partial charge in [0, 0.05) is 12.1 Å². The quantitative estimate of drug-likeness (QED) is 0.908. The number of carbonyl (C=O) groups excluding carboxylic acids is 1. The molecule has 0 saturated carbocycles. The molecule has 1 aliphatic rings. The number of carboxylic acid groups (broad SMARTS) is 1. The molecule has 0 aliphatic carbocycles. The van der Waals surface area contributed by atoms with Gasteiger partial charge in [0.2, 0.25) is 0 Å². The highest BCUT2D eigenvalue weighted by atomic mass is 35.5. The van der Waals surface area contributed by atoms with E-state index >= 15 is 0 Å². The number of aliphatic carboxylic acids is 1. The van der Waals surface area contributed by atoms with Crippen molar-refractivity contribution >= 4 is 23.5 Å². The van der Waals surface area contributed by atoms with Gasteiger partial charge in [-0.15, -0.1) is 0 Å². The minimum atomic E-state index is -1.03. The molecule has 1 N–H and O–H groups in total. The zero-order valence-corrected chi connectivity index (χ0v) is 10.9. The van der Waals surface area contributed by atoms with Crippen LogP contribution >= 0.6 is 11.6 Å². The van der Waals surface area contributed by atoms with E-state index in [2.05, 4.69) is 0 Å². The third-order valence-corrected chi connectivity index (χ3v) is 3.52. The van der Waals surface area contributed by atoms with E-state index in [-0.39, 0.29) is 10.6 Å². The number of benzene rings is 1. The molecule has 0 radical (unpaired) electrons. The molecule has 2 rings (SSSR count). The third kappa shape index (κ3) is 2.87. The maximum Gasteiger partial charge on any atom is 0.326 e. The first kappa shape index (κ1) is 13.8. The summed E-state index contributed by atoms with van der Waals surface area (Å²) in [5.41, 5.74) is 0.120. The molecule has 19 heavy (non-hydrogen) atoms. The number of carbonyl (C=O) groups is 2. The van der Waals surface area contributed by atoms with Crippen LogP contribution in [0.15, 0.2) is 18.2 Å². The standard InChI is InChI=1S/C13H13ClFNO3/c14-9-5-4-8(7-10(9)15)12(17)16-6-2-1-3-11(16)13(18)19/h4-5,7,11H,1-3,6H2,(H,18,19)/t11-/m1/s1. The number of halogens is 2. The number of amides is 1. The van der Waals surface area contributed by atoms with Crippen LogP contribution in [0.4, 0.5) is 4.39 Å². The lowest BCUT2D eigenvalue weighted by Crippen LogP contribution is -2.48. The second-order valence-electron chi connectivity index (χ2n) is 4.48. The minimum absolute atomic E-state index is 0.0648. The summed E-state index contributed by atoms with van der Waals surface area (Å²) in [6.07, 6.45) is 1.96. The van der Waals surface area contributed by atoms with Gasteiger partial charge in [-0.25, -0.2) is 9.18 Å². The molecular weight excluding hydrogens is 273 g/mol. The van der Waals surface area contributed by atoms with Crippen molar-refractivity contribution in [2.75, 3.05) is 6.54 Å². The van der Waals surface area contributed by atoms with Crippen molar-refractivity contribution in [1.29, 1.82) is 0 Å². The van der Waals surface area contributed by atoms with E-state index in [4.69, 9.17) is 16.7 Å². The molecule has 0 unspecified atom stereocenters. The van der Waals surface area contributed by atoms with Crippen LogP contribution in [0.25, 0.3) is 0 Å². The van der Waals surface area contributed by atoms with Crippen molar-refractivity contribution in [1.82, 2.24) is 4.90 Å². The van der Waals surface area contributed by atoms with Crippen molar-refractivity contribution in [3.05, 3.63) is 34.6 Å². The predicted molar refractivity (Wildman–Crippen MR) is 67.7 cm³/mol. The van der Waals surface area contributed by atoms with Gasteiger partial charge in [-0.2, -0.15) is 0 Å². The molecule has 1 fully saturated rings. The Bertz CT molecular complexity index is 521. The summed E-state index contributed by atoms with van der Waals surface area (Å²) in [6, 6.07) is 2.91. The fourth-order valence-corrected chi connectivity index (χ4v) is 2.34. The summed E-state index contributed by atoms with van der Waals surface area (Å²) in [5.74, 6) is -2.18. The summed E-state index contributed by atoms with van der Waals surface area (Å²) in [7, 11) is 0. The van der Waals surface area contributed by atoms with Crippen molar-refractivity contribution in [2.45, 2.75) is 25.3 Å². The normalized spacial score (nSPS) is 19.3.